The van der Waals surface area contributed by atoms with E-state index in [2.05, 4.69) is 247 Å². The third-order valence-electron chi connectivity index (χ3n) is 12.7. The lowest BCUT2D eigenvalue weighted by molar-refractivity contribution is 0.735. The van der Waals surface area contributed by atoms with Gasteiger partial charge in [0, 0.05) is 16.5 Å². The lowest BCUT2D eigenvalue weighted by Gasteiger charge is -2.16. The largest absolute Gasteiger partial charge is 0.309 e. The minimum atomic E-state index is 0.616. The summed E-state index contributed by atoms with van der Waals surface area (Å²) in [7, 11) is 0. The first-order valence-corrected chi connectivity index (χ1v) is 24.2. The predicted octanol–water partition coefficient (Wildman–Crippen LogP) is 19.3. The van der Waals surface area contributed by atoms with Gasteiger partial charge in [-0.2, -0.15) is 0 Å². The highest BCUT2D eigenvalue weighted by Gasteiger charge is 2.14. The molecule has 0 aliphatic rings. The summed E-state index contributed by atoms with van der Waals surface area (Å²) < 4.78 is 2.41. The smallest absolute Gasteiger partial charge is 0.0541 e. The number of aromatic nitrogens is 1. The van der Waals surface area contributed by atoms with Gasteiger partial charge in [-0.3, -0.25) is 0 Å². The number of fused-ring (bicyclic) bond motifs is 3. The van der Waals surface area contributed by atoms with Crippen LogP contribution in [0.5, 0.6) is 0 Å². The average Bonchev–Trinajstić information content (AvgIpc) is 3.71. The third-order valence-corrected chi connectivity index (χ3v) is 12.7. The quantitative estimate of drug-likeness (QED) is 0.108. The Morgan fingerprint density at radius 2 is 1.10 bits per heavy atom. The SMILES string of the molecule is C=C(C)c1ccccc1.CC/C=C(/C=C(\CCC)c1ccc(-c2cc(C)cc(-n3c4ccccc4c4ccccc43)c2)cc1)c1ccccc1.CC[C@@H](C)c1ccccc1-c1ccccc1C. The van der Waals surface area contributed by atoms with Gasteiger partial charge in [0.1, 0.15) is 0 Å². The Hall–Kier alpha value is -7.22. The van der Waals surface area contributed by atoms with Crippen molar-refractivity contribution in [2.45, 2.75) is 80.1 Å². The minimum Gasteiger partial charge on any atom is -0.309 e. The first-order valence-electron chi connectivity index (χ1n) is 24.2. The zero-order valence-corrected chi connectivity index (χ0v) is 40.8. The number of rotatable bonds is 12. The van der Waals surface area contributed by atoms with E-state index in [9.17, 15) is 0 Å². The van der Waals surface area contributed by atoms with Gasteiger partial charge in [0.15, 0.2) is 0 Å². The molecule has 0 saturated heterocycles. The highest BCUT2D eigenvalue weighted by molar-refractivity contribution is 6.09. The molecule has 9 aromatic rings. The number of aryl methyl sites for hydroxylation is 2. The highest BCUT2D eigenvalue weighted by Crippen LogP contribution is 2.36. The molecule has 0 spiro atoms. The molecular weight excluding hydrogens is 807 g/mol. The van der Waals surface area contributed by atoms with Crippen LogP contribution in [-0.4, -0.2) is 4.57 Å². The van der Waals surface area contributed by atoms with Crippen molar-refractivity contribution in [2.75, 3.05) is 0 Å². The van der Waals surface area contributed by atoms with Crippen LogP contribution in [0.4, 0.5) is 0 Å². The van der Waals surface area contributed by atoms with Crippen LogP contribution in [-0.2, 0) is 0 Å². The van der Waals surface area contributed by atoms with E-state index in [1.165, 1.54) is 101 Å². The zero-order valence-electron chi connectivity index (χ0n) is 40.8. The van der Waals surface area contributed by atoms with Crippen molar-refractivity contribution >= 4 is 38.5 Å². The molecule has 0 radical (unpaired) electrons. The first-order chi connectivity index (χ1) is 32.7. The summed E-state index contributed by atoms with van der Waals surface area (Å²) in [5, 5.41) is 2.58. The molecule has 9 rings (SSSR count). The maximum Gasteiger partial charge on any atom is 0.0541 e. The Morgan fingerprint density at radius 1 is 0.552 bits per heavy atom. The van der Waals surface area contributed by atoms with Gasteiger partial charge in [0.2, 0.25) is 0 Å². The molecule has 0 unspecified atom stereocenters. The van der Waals surface area contributed by atoms with Crippen LogP contribution in [0.3, 0.4) is 0 Å². The van der Waals surface area contributed by atoms with Crippen LogP contribution >= 0.6 is 0 Å². The van der Waals surface area contributed by atoms with Gasteiger partial charge in [-0.1, -0.05) is 234 Å². The molecule has 1 nitrogen and oxygen atoms in total. The van der Waals surface area contributed by atoms with Gasteiger partial charge in [-0.25, -0.2) is 0 Å². The van der Waals surface area contributed by atoms with Crippen LogP contribution in [0.15, 0.2) is 219 Å². The van der Waals surface area contributed by atoms with Crippen molar-refractivity contribution in [1.29, 1.82) is 0 Å². The number of hydrogen-bond donors (Lipinski definition) is 0. The Kier molecular flexibility index (Phi) is 16.6. The standard InChI is InChI=1S/C40H37N.C17H20.C9H10/c1-4-13-33(30-15-7-6-8-16-30)27-34(14-5-2)31-21-23-32(24-22-31)35-25-29(3)26-36(28-35)41-39-19-11-9-17-37(39)38-18-10-12-20-40(38)41;1-4-13(2)15-10-7-8-12-17(15)16-11-6-5-9-14(16)3;1-8(2)9-6-4-3-5-7-9/h6-13,15-28H,4-5,14H2,1-3H3;5-13H,4H2,1-3H3;3-7H,1H2,2H3/b33-13-,34-27+;;/t;13-;/m.1./s1. The number of para-hydroxylation sites is 2. The first kappa shape index (κ1) is 47.7. The average molecular weight is 874 g/mol. The van der Waals surface area contributed by atoms with Crippen molar-refractivity contribution in [1.82, 2.24) is 4.57 Å². The van der Waals surface area contributed by atoms with E-state index in [0.717, 1.165) is 24.8 Å². The molecule has 0 bridgehead atoms. The Bertz CT molecular complexity index is 3030. The maximum absolute atomic E-state index is 3.83. The Morgan fingerprint density at radius 3 is 1.67 bits per heavy atom. The third kappa shape index (κ3) is 11.8. The number of nitrogens with zero attached hydrogens (tertiary/aromatic N) is 1. The molecule has 1 aromatic heterocycles. The summed E-state index contributed by atoms with van der Waals surface area (Å²) in [4.78, 5) is 0. The highest BCUT2D eigenvalue weighted by atomic mass is 15.0. The van der Waals surface area contributed by atoms with Crippen LogP contribution in [0, 0.1) is 13.8 Å². The molecule has 1 heteroatoms. The monoisotopic (exact) mass is 874 g/mol. The van der Waals surface area contributed by atoms with E-state index >= 15 is 0 Å². The molecular formula is C66H67N. The second-order valence-electron chi connectivity index (χ2n) is 17.7. The predicted molar refractivity (Wildman–Crippen MR) is 295 cm³/mol. The molecule has 8 aromatic carbocycles. The number of hydrogen-bond acceptors (Lipinski definition) is 0. The fraction of sp³-hybridized carbons (Fsp3) is 0.182. The number of benzene rings is 8. The fourth-order valence-corrected chi connectivity index (χ4v) is 8.99. The molecule has 0 aliphatic carbocycles. The molecule has 1 atom stereocenters. The van der Waals surface area contributed by atoms with Crippen LogP contribution < -0.4 is 0 Å². The number of allylic oxidation sites excluding steroid dienone is 5. The van der Waals surface area contributed by atoms with Crippen LogP contribution in [0.25, 0.3) is 66.5 Å². The topological polar surface area (TPSA) is 4.93 Å². The van der Waals surface area contributed by atoms with Crippen molar-refractivity contribution in [2.24, 2.45) is 0 Å². The fourth-order valence-electron chi connectivity index (χ4n) is 8.99. The van der Waals surface area contributed by atoms with Gasteiger partial charge in [-0.15, -0.1) is 0 Å². The van der Waals surface area contributed by atoms with Gasteiger partial charge in [-0.05, 0) is 137 Å². The van der Waals surface area contributed by atoms with Gasteiger partial charge >= 0.3 is 0 Å². The maximum atomic E-state index is 3.83. The normalized spacial score (nSPS) is 11.9. The second-order valence-corrected chi connectivity index (χ2v) is 17.7. The Balaban J connectivity index is 0.000000208. The summed E-state index contributed by atoms with van der Waals surface area (Å²) in [6.45, 7) is 19.2. The molecule has 0 aliphatic heterocycles. The second kappa shape index (κ2) is 23.3. The summed E-state index contributed by atoms with van der Waals surface area (Å²) >= 11 is 0. The molecule has 1 heterocycles. The van der Waals surface area contributed by atoms with E-state index in [0.29, 0.717) is 5.92 Å². The summed E-state index contributed by atoms with van der Waals surface area (Å²) in [6.07, 6.45) is 9.09. The van der Waals surface area contributed by atoms with E-state index in [1.807, 2.05) is 25.1 Å². The lowest BCUT2D eigenvalue weighted by atomic mass is 9.89. The molecule has 0 fully saturated rings. The Labute approximate surface area is 401 Å². The van der Waals surface area contributed by atoms with E-state index in [4.69, 9.17) is 0 Å². The van der Waals surface area contributed by atoms with E-state index in [1.54, 1.807) is 0 Å². The molecule has 0 amide bonds. The molecule has 0 N–H and O–H groups in total. The van der Waals surface area contributed by atoms with E-state index < -0.39 is 0 Å². The zero-order chi connectivity index (χ0) is 47.1. The van der Waals surface area contributed by atoms with E-state index in [-0.39, 0.29) is 0 Å². The summed E-state index contributed by atoms with van der Waals surface area (Å²) in [6, 6.07) is 71.8. The van der Waals surface area contributed by atoms with Crippen LogP contribution in [0.1, 0.15) is 99.6 Å². The van der Waals surface area contributed by atoms with Crippen molar-refractivity contribution in [3.05, 3.63) is 252 Å². The molecule has 336 valence electrons. The minimum absolute atomic E-state index is 0.616. The van der Waals surface area contributed by atoms with Gasteiger partial charge < -0.3 is 4.57 Å². The van der Waals surface area contributed by atoms with Crippen molar-refractivity contribution < 1.29 is 0 Å². The summed E-state index contributed by atoms with van der Waals surface area (Å²) in [5.74, 6) is 0.616. The van der Waals surface area contributed by atoms with Gasteiger partial charge in [0.05, 0.1) is 11.0 Å². The molecule has 67 heavy (non-hydrogen) atoms. The van der Waals surface area contributed by atoms with Crippen molar-refractivity contribution in [3.8, 4) is 27.9 Å². The van der Waals surface area contributed by atoms with Crippen LogP contribution in [0.2, 0.25) is 0 Å². The van der Waals surface area contributed by atoms with Crippen molar-refractivity contribution in [3.63, 3.8) is 0 Å². The summed E-state index contributed by atoms with van der Waals surface area (Å²) in [5.41, 5.74) is 20.6. The lowest BCUT2D eigenvalue weighted by Crippen LogP contribution is -1.95. The molecule has 0 saturated carbocycles. The van der Waals surface area contributed by atoms with Gasteiger partial charge in [0.25, 0.3) is 0 Å².